The highest BCUT2D eigenvalue weighted by Crippen LogP contribution is 2.49. The summed E-state index contributed by atoms with van der Waals surface area (Å²) in [6, 6.07) is 7.82. The monoisotopic (exact) mass is 438 g/mol. The predicted octanol–water partition coefficient (Wildman–Crippen LogP) is 2.68. The number of nitrogens with zero attached hydrogens (tertiary/aromatic N) is 2. The molecule has 1 aromatic heterocycles. The molecule has 1 N–H and O–H groups in total. The van der Waals surface area contributed by atoms with Crippen LogP contribution < -0.4 is 4.90 Å². The van der Waals surface area contributed by atoms with Crippen LogP contribution >= 0.6 is 34.5 Å². The number of fused-ring (bicyclic) bond motifs is 2. The third kappa shape index (κ3) is 2.71. The first-order valence-electron chi connectivity index (χ1n) is 8.17. The average Bonchev–Trinajstić information content (AvgIpc) is 3.22. The third-order valence-electron chi connectivity index (χ3n) is 4.88. The maximum atomic E-state index is 13.3. The summed E-state index contributed by atoms with van der Waals surface area (Å²) >= 11 is 13.2. The molecule has 28 heavy (non-hydrogen) atoms. The normalized spacial score (nSPS) is 21.1. The van der Waals surface area contributed by atoms with Crippen LogP contribution in [0.1, 0.15) is 16.9 Å². The number of anilines is 1. The van der Waals surface area contributed by atoms with Gasteiger partial charge in [0.1, 0.15) is 6.54 Å². The molecule has 3 amide bonds. The van der Waals surface area contributed by atoms with Crippen molar-refractivity contribution in [3.05, 3.63) is 50.1 Å². The van der Waals surface area contributed by atoms with Gasteiger partial charge in [0.2, 0.25) is 17.7 Å². The Morgan fingerprint density at radius 2 is 1.82 bits per heavy atom. The van der Waals surface area contributed by atoms with Crippen LogP contribution in [0.5, 0.6) is 0 Å². The summed E-state index contributed by atoms with van der Waals surface area (Å²) in [6.07, 6.45) is -0.368. The van der Waals surface area contributed by atoms with Crippen molar-refractivity contribution < 1.29 is 24.3 Å². The van der Waals surface area contributed by atoms with Crippen LogP contribution in [-0.4, -0.2) is 40.2 Å². The molecule has 1 atom stereocenters. The van der Waals surface area contributed by atoms with E-state index in [-0.39, 0.29) is 29.2 Å². The smallest absolute Gasteiger partial charge is 0.323 e. The highest BCUT2D eigenvalue weighted by atomic mass is 35.5. The van der Waals surface area contributed by atoms with Crippen LogP contribution in [0.4, 0.5) is 5.69 Å². The van der Waals surface area contributed by atoms with E-state index in [2.05, 4.69) is 0 Å². The van der Waals surface area contributed by atoms with Crippen molar-refractivity contribution in [1.82, 2.24) is 4.90 Å². The molecule has 1 spiro atoms. The summed E-state index contributed by atoms with van der Waals surface area (Å²) in [7, 11) is 0. The summed E-state index contributed by atoms with van der Waals surface area (Å²) in [6.45, 7) is -0.615. The zero-order chi connectivity index (χ0) is 20.2. The highest BCUT2D eigenvalue weighted by Gasteiger charge is 2.63. The number of thiophene rings is 1. The van der Waals surface area contributed by atoms with Gasteiger partial charge >= 0.3 is 5.97 Å². The summed E-state index contributed by atoms with van der Waals surface area (Å²) in [4.78, 5) is 53.2. The molecule has 0 radical (unpaired) electrons. The van der Waals surface area contributed by atoms with Gasteiger partial charge in [-0.25, -0.2) is 0 Å². The number of carbonyl (C=O) groups is 4. The van der Waals surface area contributed by atoms with Crippen LogP contribution in [0.15, 0.2) is 30.3 Å². The molecule has 2 aliphatic heterocycles. The molecule has 0 saturated carbocycles. The summed E-state index contributed by atoms with van der Waals surface area (Å²) in [5.74, 6) is -3.14. The molecule has 7 nitrogen and oxygen atoms in total. The number of carboxylic acids is 1. The molecule has 1 aromatic carbocycles. The van der Waals surface area contributed by atoms with Crippen molar-refractivity contribution in [3.63, 3.8) is 0 Å². The van der Waals surface area contributed by atoms with Crippen LogP contribution in [0.25, 0.3) is 0 Å². The molecule has 2 aromatic rings. The van der Waals surface area contributed by atoms with Crippen LogP contribution in [-0.2, 0) is 31.1 Å². The lowest BCUT2D eigenvalue weighted by atomic mass is 9.80. The standard InChI is InChI=1S/C18H12Cl2N2O5S/c19-9-1-3-12-11(5-9)18(16(26)21(12)8-15(24)25)6-14(23)22(17(18)27)7-10-2-4-13(20)28-10/h1-5H,6-8H2,(H,24,25). The van der Waals surface area contributed by atoms with E-state index in [1.54, 1.807) is 12.1 Å². The molecule has 10 heteroatoms. The highest BCUT2D eigenvalue weighted by molar-refractivity contribution is 7.16. The average molecular weight is 439 g/mol. The molecule has 3 heterocycles. The maximum Gasteiger partial charge on any atom is 0.323 e. The van der Waals surface area contributed by atoms with E-state index < -0.39 is 35.7 Å². The predicted molar refractivity (Wildman–Crippen MR) is 103 cm³/mol. The second kappa shape index (κ2) is 6.58. The summed E-state index contributed by atoms with van der Waals surface area (Å²) < 4.78 is 0.519. The summed E-state index contributed by atoms with van der Waals surface area (Å²) in [5, 5.41) is 9.46. The number of carbonyl (C=O) groups excluding carboxylic acids is 3. The fraction of sp³-hybridized carbons (Fsp3) is 0.222. The van der Waals surface area contributed by atoms with Gasteiger partial charge in [-0.3, -0.25) is 29.0 Å². The van der Waals surface area contributed by atoms with E-state index in [0.29, 0.717) is 9.21 Å². The first-order chi connectivity index (χ1) is 13.2. The lowest BCUT2D eigenvalue weighted by Gasteiger charge is -2.21. The number of rotatable bonds is 4. The molecular formula is C18H12Cl2N2O5S. The number of hydrogen-bond acceptors (Lipinski definition) is 5. The van der Waals surface area contributed by atoms with E-state index in [0.717, 1.165) is 9.80 Å². The van der Waals surface area contributed by atoms with Gasteiger partial charge in [-0.15, -0.1) is 11.3 Å². The Morgan fingerprint density at radius 3 is 2.46 bits per heavy atom. The number of imide groups is 1. The largest absolute Gasteiger partial charge is 0.480 e. The number of aliphatic carboxylic acids is 1. The van der Waals surface area contributed by atoms with Crippen molar-refractivity contribution in [2.75, 3.05) is 11.4 Å². The topological polar surface area (TPSA) is 95.0 Å². The Hall–Kier alpha value is -2.42. The minimum Gasteiger partial charge on any atom is -0.480 e. The number of hydrogen-bond donors (Lipinski definition) is 1. The fourth-order valence-electron chi connectivity index (χ4n) is 3.70. The lowest BCUT2D eigenvalue weighted by molar-refractivity contribution is -0.143. The number of benzene rings is 1. The fourth-order valence-corrected chi connectivity index (χ4v) is 4.95. The zero-order valence-corrected chi connectivity index (χ0v) is 16.5. The van der Waals surface area contributed by atoms with Gasteiger partial charge in [0.05, 0.1) is 17.3 Å². The van der Waals surface area contributed by atoms with Crippen molar-refractivity contribution in [3.8, 4) is 0 Å². The van der Waals surface area contributed by atoms with Crippen molar-refractivity contribution >= 4 is 63.9 Å². The lowest BCUT2D eigenvalue weighted by Crippen LogP contribution is -2.47. The van der Waals surface area contributed by atoms with Gasteiger partial charge in [0, 0.05) is 21.2 Å². The number of halogens is 2. The number of likely N-dealkylation sites (tertiary alicyclic amines) is 1. The van der Waals surface area contributed by atoms with Gasteiger partial charge in [-0.2, -0.15) is 0 Å². The Labute approximate surface area is 173 Å². The van der Waals surface area contributed by atoms with E-state index in [1.807, 2.05) is 0 Å². The summed E-state index contributed by atoms with van der Waals surface area (Å²) in [5.41, 5.74) is -1.25. The second-order valence-electron chi connectivity index (χ2n) is 6.52. The van der Waals surface area contributed by atoms with Gasteiger partial charge in [-0.1, -0.05) is 23.2 Å². The zero-order valence-electron chi connectivity index (χ0n) is 14.1. The molecule has 1 saturated heterocycles. The molecule has 4 rings (SSSR count). The molecule has 0 bridgehead atoms. The van der Waals surface area contributed by atoms with E-state index in [1.165, 1.54) is 29.5 Å². The Bertz CT molecular complexity index is 1050. The molecule has 0 aliphatic carbocycles. The van der Waals surface area contributed by atoms with Crippen molar-refractivity contribution in [2.45, 2.75) is 18.4 Å². The third-order valence-corrected chi connectivity index (χ3v) is 6.33. The molecule has 1 unspecified atom stereocenters. The van der Waals surface area contributed by atoms with Gasteiger partial charge in [0.15, 0.2) is 5.41 Å². The van der Waals surface area contributed by atoms with E-state index in [4.69, 9.17) is 23.2 Å². The maximum absolute atomic E-state index is 13.3. The van der Waals surface area contributed by atoms with Crippen molar-refractivity contribution in [2.24, 2.45) is 0 Å². The van der Waals surface area contributed by atoms with Crippen molar-refractivity contribution in [1.29, 1.82) is 0 Å². The molecule has 1 fully saturated rings. The van der Waals surface area contributed by atoms with Crippen LogP contribution in [0.2, 0.25) is 9.36 Å². The molecular weight excluding hydrogens is 427 g/mol. The first-order valence-corrected chi connectivity index (χ1v) is 9.74. The van der Waals surface area contributed by atoms with E-state index in [9.17, 15) is 24.3 Å². The minimum absolute atomic E-state index is 0.00108. The Morgan fingerprint density at radius 1 is 1.11 bits per heavy atom. The van der Waals surface area contributed by atoms with Gasteiger partial charge < -0.3 is 5.11 Å². The minimum atomic E-state index is -1.78. The quantitative estimate of drug-likeness (QED) is 0.584. The van der Waals surface area contributed by atoms with E-state index >= 15 is 0 Å². The van der Waals surface area contributed by atoms with Crippen LogP contribution in [0, 0.1) is 0 Å². The van der Waals surface area contributed by atoms with Crippen LogP contribution in [0.3, 0.4) is 0 Å². The van der Waals surface area contributed by atoms with Gasteiger partial charge in [0.25, 0.3) is 0 Å². The number of amides is 3. The number of carboxylic acid groups (broad SMARTS) is 1. The second-order valence-corrected chi connectivity index (χ2v) is 8.76. The first kappa shape index (κ1) is 18.9. The molecule has 2 aliphatic rings. The SMILES string of the molecule is O=C(O)CN1C(=O)C2(CC(=O)N(Cc3ccc(Cl)s3)C2=O)c2cc(Cl)ccc21. The Balaban J connectivity index is 1.79. The van der Waals surface area contributed by atoms with Gasteiger partial charge in [-0.05, 0) is 30.3 Å². The Kier molecular flexibility index (Phi) is 4.45. The molecule has 144 valence electrons.